The molecule has 6 heteroatoms. The number of nitrogens with zero attached hydrogens (tertiary/aromatic N) is 2. The van der Waals surface area contributed by atoms with Gasteiger partial charge in [0.15, 0.2) is 0 Å². The van der Waals surface area contributed by atoms with E-state index in [4.69, 9.17) is 4.74 Å². The molecule has 2 saturated heterocycles. The van der Waals surface area contributed by atoms with Crippen LogP contribution in [0.5, 0.6) is 0 Å². The molecule has 0 aromatic carbocycles. The Morgan fingerprint density at radius 1 is 0.392 bits per heavy atom. The molecule has 3 saturated carbocycles. The molecule has 2 aromatic heterocycles. The van der Waals surface area contributed by atoms with Gasteiger partial charge in [-0.3, -0.25) is 5.10 Å². The lowest BCUT2D eigenvalue weighted by atomic mass is 10.0. The molecule has 0 amide bonds. The Balaban J connectivity index is -0.0000000840. The average Bonchev–Trinajstić information content (AvgIpc) is 4.11. The SMILES string of the molecule is C1CCC1.C1CCCC1.C1CCCCC1.C1CCNCC1.C1CCOCC1.CC.CC.CC.CC.CC.CC.CC.c1c[nH]cn1.c1cn[nH]c1. The van der Waals surface area contributed by atoms with Gasteiger partial charge in [-0.05, 0) is 51.3 Å². The molecule has 7 rings (SSSR count). The zero-order valence-corrected chi connectivity index (χ0v) is 37.9. The zero-order valence-electron chi connectivity index (χ0n) is 37.9. The number of piperidine rings is 1. The molecule has 0 atom stereocenters. The summed E-state index contributed by atoms with van der Waals surface area (Å²) in [6.45, 7) is 32.5. The van der Waals surface area contributed by atoms with E-state index >= 15 is 0 Å². The normalized spacial score (nSPS) is 15.1. The maximum absolute atomic E-state index is 5.07. The summed E-state index contributed by atoms with van der Waals surface area (Å²) in [5.41, 5.74) is 0. The van der Waals surface area contributed by atoms with Gasteiger partial charge in [-0.25, -0.2) is 4.98 Å². The molecule has 5 fully saturated rings. The van der Waals surface area contributed by atoms with Gasteiger partial charge in [0.1, 0.15) is 0 Å². The molecule has 5 aliphatic rings. The van der Waals surface area contributed by atoms with Crippen molar-refractivity contribution >= 4 is 0 Å². The summed E-state index contributed by atoms with van der Waals surface area (Å²) in [5.74, 6) is 0. The molecule has 312 valence electrons. The van der Waals surface area contributed by atoms with Crippen LogP contribution in [0.15, 0.2) is 37.2 Å². The summed E-state index contributed by atoms with van der Waals surface area (Å²) in [6, 6.07) is 1.83. The quantitative estimate of drug-likeness (QED) is 0.252. The van der Waals surface area contributed by atoms with Crippen LogP contribution in [0, 0.1) is 0 Å². The van der Waals surface area contributed by atoms with Crippen LogP contribution in [-0.4, -0.2) is 46.5 Å². The highest BCUT2D eigenvalue weighted by Gasteiger charge is 1.97. The lowest BCUT2D eigenvalue weighted by Crippen LogP contribution is -2.21. The van der Waals surface area contributed by atoms with Crippen molar-refractivity contribution in [2.75, 3.05) is 26.3 Å². The predicted molar refractivity (Wildman–Crippen MR) is 237 cm³/mol. The van der Waals surface area contributed by atoms with E-state index in [1.54, 1.807) is 31.1 Å². The van der Waals surface area contributed by atoms with Crippen molar-refractivity contribution < 1.29 is 4.74 Å². The second kappa shape index (κ2) is 86.7. The number of aromatic amines is 2. The van der Waals surface area contributed by atoms with Crippen LogP contribution in [0.3, 0.4) is 0 Å². The highest BCUT2D eigenvalue weighted by atomic mass is 16.5. The van der Waals surface area contributed by atoms with Crippen molar-refractivity contribution in [2.24, 2.45) is 0 Å². The summed E-state index contributed by atoms with van der Waals surface area (Å²) in [6.07, 6.45) is 39.2. The van der Waals surface area contributed by atoms with Crippen molar-refractivity contribution in [1.82, 2.24) is 25.5 Å². The molecule has 4 heterocycles. The minimum Gasteiger partial charge on any atom is -0.381 e. The topological polar surface area (TPSA) is 78.6 Å². The van der Waals surface area contributed by atoms with E-state index in [1.807, 2.05) is 103 Å². The van der Waals surface area contributed by atoms with Crippen LogP contribution >= 0.6 is 0 Å². The number of imidazole rings is 1. The van der Waals surface area contributed by atoms with E-state index in [0.29, 0.717) is 0 Å². The predicted octanol–water partition coefficient (Wildman–Crippen LogP) is 15.8. The number of H-pyrrole nitrogens is 2. The fraction of sp³-hybridized carbons (Fsp3) is 0.867. The first-order chi connectivity index (χ1) is 25.5. The standard InChI is InChI=1S/C6H12.C5H11N.C5H10O.C5H10.C4H8.2C3H4N2.7C2H6/c3*1-2-4-6-5-3-1;1-2-4-5-3-1;1-2-4-3-1;1-2-5-3-4-1;1-2-4-5-3-1;7*1-2/h1-6H2;6H,1-5H2;1-5H2;1-5H2;1-4H2;2*1-3H,(H,4,5);7*1-2H3. The van der Waals surface area contributed by atoms with Crippen LogP contribution in [0.1, 0.15) is 232 Å². The monoisotopic (exact) mass is 728 g/mol. The van der Waals surface area contributed by atoms with Gasteiger partial charge in [0.05, 0.1) is 6.33 Å². The van der Waals surface area contributed by atoms with Crippen molar-refractivity contribution in [1.29, 1.82) is 0 Å². The van der Waals surface area contributed by atoms with Gasteiger partial charge in [-0.2, -0.15) is 5.10 Å². The van der Waals surface area contributed by atoms with E-state index in [0.717, 1.165) is 13.2 Å². The van der Waals surface area contributed by atoms with Gasteiger partial charge < -0.3 is 15.0 Å². The second-order valence-corrected chi connectivity index (χ2v) is 10.3. The van der Waals surface area contributed by atoms with E-state index in [9.17, 15) is 0 Å². The fourth-order valence-corrected chi connectivity index (χ4v) is 4.11. The minimum absolute atomic E-state index is 1.00. The number of rotatable bonds is 0. The molecule has 6 nitrogen and oxygen atoms in total. The first-order valence-electron chi connectivity index (χ1n) is 22.6. The maximum atomic E-state index is 5.07. The molecule has 0 radical (unpaired) electrons. The van der Waals surface area contributed by atoms with E-state index < -0.39 is 0 Å². The smallest absolute Gasteiger partial charge is 0.0919 e. The fourth-order valence-electron chi connectivity index (χ4n) is 4.11. The molecular formula is C45H101N5O. The summed E-state index contributed by atoms with van der Waals surface area (Å²) in [4.78, 5) is 6.42. The maximum Gasteiger partial charge on any atom is 0.0919 e. The number of ether oxygens (including phenoxy) is 1. The Hall–Kier alpha value is -1.66. The summed E-state index contributed by atoms with van der Waals surface area (Å²) >= 11 is 0. The highest BCUT2D eigenvalue weighted by molar-refractivity contribution is 4.72. The average molecular weight is 728 g/mol. The number of aromatic nitrogens is 4. The van der Waals surface area contributed by atoms with Crippen molar-refractivity contribution in [3.05, 3.63) is 37.2 Å². The molecule has 0 unspecified atom stereocenters. The first-order valence-corrected chi connectivity index (χ1v) is 22.6. The Bertz CT molecular complexity index is 438. The van der Waals surface area contributed by atoms with Crippen LogP contribution in [0.4, 0.5) is 0 Å². The van der Waals surface area contributed by atoms with Crippen molar-refractivity contribution in [3.63, 3.8) is 0 Å². The Morgan fingerprint density at radius 2 is 0.725 bits per heavy atom. The molecule has 3 N–H and O–H groups in total. The third-order valence-electron chi connectivity index (χ3n) is 6.85. The lowest BCUT2D eigenvalue weighted by Gasteiger charge is -2.08. The van der Waals surface area contributed by atoms with Crippen LogP contribution in [0.2, 0.25) is 0 Å². The number of nitrogens with one attached hydrogen (secondary N) is 3. The van der Waals surface area contributed by atoms with Gasteiger partial charge in [0.2, 0.25) is 0 Å². The van der Waals surface area contributed by atoms with E-state index in [1.165, 1.54) is 148 Å². The van der Waals surface area contributed by atoms with Gasteiger partial charge >= 0.3 is 0 Å². The molecular weight excluding hydrogens is 627 g/mol. The molecule has 2 aromatic rings. The Labute approximate surface area is 324 Å². The molecule has 0 bridgehead atoms. The first kappa shape index (κ1) is 64.3. The van der Waals surface area contributed by atoms with Crippen LogP contribution in [0.25, 0.3) is 0 Å². The van der Waals surface area contributed by atoms with Gasteiger partial charge in [-0.1, -0.05) is 200 Å². The van der Waals surface area contributed by atoms with Crippen molar-refractivity contribution in [3.8, 4) is 0 Å². The summed E-state index contributed by atoms with van der Waals surface area (Å²) < 4.78 is 5.07. The molecule has 2 aliphatic heterocycles. The van der Waals surface area contributed by atoms with Crippen LogP contribution < -0.4 is 5.32 Å². The van der Waals surface area contributed by atoms with Gasteiger partial charge in [0.25, 0.3) is 0 Å². The van der Waals surface area contributed by atoms with Crippen LogP contribution in [-0.2, 0) is 4.74 Å². The molecule has 0 spiro atoms. The zero-order chi connectivity index (χ0) is 40.2. The molecule has 51 heavy (non-hydrogen) atoms. The number of hydrogen-bond donors (Lipinski definition) is 3. The van der Waals surface area contributed by atoms with E-state index in [2.05, 4.69) is 25.5 Å². The summed E-state index contributed by atoms with van der Waals surface area (Å²) in [7, 11) is 0. The molecule has 3 aliphatic carbocycles. The Morgan fingerprint density at radius 3 is 0.824 bits per heavy atom. The highest BCUT2D eigenvalue weighted by Crippen LogP contribution is 2.16. The lowest BCUT2D eigenvalue weighted by molar-refractivity contribution is 0.0968. The minimum atomic E-state index is 1.00. The largest absolute Gasteiger partial charge is 0.381 e. The van der Waals surface area contributed by atoms with Crippen molar-refractivity contribution in [2.45, 2.75) is 232 Å². The summed E-state index contributed by atoms with van der Waals surface area (Å²) in [5, 5.41) is 9.49. The third-order valence-corrected chi connectivity index (χ3v) is 6.85. The van der Waals surface area contributed by atoms with E-state index in [-0.39, 0.29) is 0 Å². The third kappa shape index (κ3) is 83.1. The second-order valence-electron chi connectivity index (χ2n) is 10.3. The Kier molecular flexibility index (Phi) is 109. The van der Waals surface area contributed by atoms with Gasteiger partial charge in [-0.15, -0.1) is 0 Å². The number of hydrogen-bond acceptors (Lipinski definition) is 4. The van der Waals surface area contributed by atoms with Gasteiger partial charge in [0, 0.05) is 38.0 Å².